The van der Waals surface area contributed by atoms with E-state index >= 15 is 0 Å². The van der Waals surface area contributed by atoms with Crippen LogP contribution in [0, 0.1) is 5.82 Å². The molecule has 0 saturated carbocycles. The molecule has 1 aromatic carbocycles. The molecule has 0 radical (unpaired) electrons. The lowest BCUT2D eigenvalue weighted by atomic mass is 10.2. The summed E-state index contributed by atoms with van der Waals surface area (Å²) in [7, 11) is 1.76. The summed E-state index contributed by atoms with van der Waals surface area (Å²) in [5.74, 6) is -0.187. The van der Waals surface area contributed by atoms with E-state index in [9.17, 15) is 14.0 Å². The lowest BCUT2D eigenvalue weighted by molar-refractivity contribution is -0.119. The fourth-order valence-electron chi connectivity index (χ4n) is 1.99. The average molecular weight is 365 g/mol. The van der Waals surface area contributed by atoms with E-state index in [-0.39, 0.29) is 11.9 Å². The molecule has 134 valence electrons. The predicted octanol–water partition coefficient (Wildman–Crippen LogP) is 2.34. The topological polar surface area (TPSA) is 88.9 Å². The highest BCUT2D eigenvalue weighted by Gasteiger charge is 2.21. The molecule has 1 aromatic heterocycles. The molecule has 2 rings (SSSR count). The molecule has 1 heterocycles. The number of imide groups is 1. The van der Waals surface area contributed by atoms with Gasteiger partial charge >= 0.3 is 6.03 Å². The van der Waals surface area contributed by atoms with Crippen LogP contribution in [-0.4, -0.2) is 38.0 Å². The Hall–Kier alpha value is -2.42. The molecule has 0 spiro atoms. The van der Waals surface area contributed by atoms with Crippen LogP contribution in [0.15, 0.2) is 29.4 Å². The maximum Gasteiger partial charge on any atom is 0.321 e. The standard InChI is InChI=1S/C16H20FN5O2S/c1-9(2)18-15(24)19-14(23)10(3)25-16-21-20-13(22(16)4)11-5-7-12(17)8-6-11/h5-10H,1-4H3,(H2,18,19,23,24)/t10-/m1/s1. The molecule has 0 fully saturated rings. The summed E-state index contributed by atoms with van der Waals surface area (Å²) < 4.78 is 14.7. The third-order valence-electron chi connectivity index (χ3n) is 3.25. The minimum atomic E-state index is -0.540. The zero-order chi connectivity index (χ0) is 18.6. The fraction of sp³-hybridized carbons (Fsp3) is 0.375. The smallest absolute Gasteiger partial charge is 0.321 e. The van der Waals surface area contributed by atoms with Gasteiger partial charge in [-0.2, -0.15) is 0 Å². The van der Waals surface area contributed by atoms with Gasteiger partial charge in [0.15, 0.2) is 11.0 Å². The van der Waals surface area contributed by atoms with Crippen LogP contribution in [0.1, 0.15) is 20.8 Å². The van der Waals surface area contributed by atoms with Crippen molar-refractivity contribution < 1.29 is 14.0 Å². The van der Waals surface area contributed by atoms with Gasteiger partial charge in [0.1, 0.15) is 5.82 Å². The molecule has 1 atom stereocenters. The van der Waals surface area contributed by atoms with E-state index in [0.29, 0.717) is 11.0 Å². The maximum absolute atomic E-state index is 13.0. The van der Waals surface area contributed by atoms with Gasteiger partial charge in [-0.1, -0.05) is 11.8 Å². The van der Waals surface area contributed by atoms with Gasteiger partial charge in [0.2, 0.25) is 5.91 Å². The summed E-state index contributed by atoms with van der Waals surface area (Å²) >= 11 is 1.18. The summed E-state index contributed by atoms with van der Waals surface area (Å²) in [6.07, 6.45) is 0. The van der Waals surface area contributed by atoms with E-state index in [2.05, 4.69) is 20.8 Å². The number of nitrogens with one attached hydrogen (secondary N) is 2. The number of hydrogen-bond acceptors (Lipinski definition) is 5. The van der Waals surface area contributed by atoms with Crippen LogP contribution in [0.3, 0.4) is 0 Å². The maximum atomic E-state index is 13.0. The van der Waals surface area contributed by atoms with Gasteiger partial charge in [-0.25, -0.2) is 9.18 Å². The molecule has 3 amide bonds. The first-order valence-electron chi connectivity index (χ1n) is 7.71. The molecule has 0 bridgehead atoms. The van der Waals surface area contributed by atoms with Gasteiger partial charge in [0.05, 0.1) is 5.25 Å². The third kappa shape index (κ3) is 5.02. The van der Waals surface area contributed by atoms with Crippen LogP contribution in [0.2, 0.25) is 0 Å². The Labute approximate surface area is 149 Å². The van der Waals surface area contributed by atoms with E-state index in [1.165, 1.54) is 23.9 Å². The van der Waals surface area contributed by atoms with Crippen LogP contribution >= 0.6 is 11.8 Å². The Morgan fingerprint density at radius 2 is 1.80 bits per heavy atom. The van der Waals surface area contributed by atoms with E-state index in [0.717, 1.165) is 5.56 Å². The molecule has 0 aliphatic carbocycles. The minimum absolute atomic E-state index is 0.0623. The van der Waals surface area contributed by atoms with Gasteiger partial charge in [-0.15, -0.1) is 10.2 Å². The molecule has 2 aromatic rings. The number of benzene rings is 1. The van der Waals surface area contributed by atoms with Crippen molar-refractivity contribution in [2.75, 3.05) is 0 Å². The molecular weight excluding hydrogens is 345 g/mol. The molecule has 0 saturated heterocycles. The van der Waals surface area contributed by atoms with Crippen molar-refractivity contribution in [1.82, 2.24) is 25.4 Å². The predicted molar refractivity (Wildman–Crippen MR) is 93.5 cm³/mol. The Bertz CT molecular complexity index is 760. The van der Waals surface area contributed by atoms with E-state index in [1.54, 1.807) is 44.5 Å². The second-order valence-corrected chi connectivity index (χ2v) is 7.06. The highest BCUT2D eigenvalue weighted by atomic mass is 32.2. The summed E-state index contributed by atoms with van der Waals surface area (Å²) in [5.41, 5.74) is 0.719. The first kappa shape index (κ1) is 18.9. The monoisotopic (exact) mass is 365 g/mol. The van der Waals surface area contributed by atoms with Gasteiger partial charge in [-0.3, -0.25) is 10.1 Å². The van der Waals surface area contributed by atoms with Gasteiger partial charge in [0.25, 0.3) is 0 Å². The Kier molecular flexibility index (Phi) is 6.13. The number of thioether (sulfide) groups is 1. The van der Waals surface area contributed by atoms with Crippen molar-refractivity contribution in [3.05, 3.63) is 30.1 Å². The number of halogens is 1. The number of carbonyl (C=O) groups excluding carboxylic acids is 2. The van der Waals surface area contributed by atoms with Crippen molar-refractivity contribution >= 4 is 23.7 Å². The summed E-state index contributed by atoms with van der Waals surface area (Å²) in [4.78, 5) is 23.7. The quantitative estimate of drug-likeness (QED) is 0.794. The number of rotatable bonds is 5. The molecule has 25 heavy (non-hydrogen) atoms. The number of carbonyl (C=O) groups is 2. The molecular formula is C16H20FN5O2S. The number of hydrogen-bond donors (Lipinski definition) is 2. The summed E-state index contributed by atoms with van der Waals surface area (Å²) in [5, 5.41) is 13.0. The first-order valence-corrected chi connectivity index (χ1v) is 8.59. The van der Waals surface area contributed by atoms with Crippen molar-refractivity contribution in [2.24, 2.45) is 7.05 Å². The Balaban J connectivity index is 2.04. The number of aromatic nitrogens is 3. The zero-order valence-electron chi connectivity index (χ0n) is 14.4. The van der Waals surface area contributed by atoms with E-state index < -0.39 is 17.2 Å². The first-order chi connectivity index (χ1) is 11.8. The second-order valence-electron chi connectivity index (χ2n) is 5.75. The van der Waals surface area contributed by atoms with Crippen LogP contribution in [0.4, 0.5) is 9.18 Å². The SMILES string of the molecule is CC(C)NC(=O)NC(=O)[C@@H](C)Sc1nnc(-c2ccc(F)cc2)n1C. The van der Waals surface area contributed by atoms with Gasteiger partial charge < -0.3 is 9.88 Å². The van der Waals surface area contributed by atoms with Crippen LogP contribution < -0.4 is 10.6 Å². The third-order valence-corrected chi connectivity index (χ3v) is 4.38. The highest BCUT2D eigenvalue weighted by molar-refractivity contribution is 8.00. The van der Waals surface area contributed by atoms with Crippen LogP contribution in [-0.2, 0) is 11.8 Å². The molecule has 7 nitrogen and oxygen atoms in total. The van der Waals surface area contributed by atoms with Crippen molar-refractivity contribution in [3.63, 3.8) is 0 Å². The zero-order valence-corrected chi connectivity index (χ0v) is 15.2. The molecule has 9 heteroatoms. The second kappa shape index (κ2) is 8.11. The van der Waals surface area contributed by atoms with Crippen LogP contribution in [0.25, 0.3) is 11.4 Å². The largest absolute Gasteiger partial charge is 0.336 e. The number of amides is 3. The van der Waals surface area contributed by atoms with Crippen molar-refractivity contribution in [3.8, 4) is 11.4 Å². The summed E-state index contributed by atoms with van der Waals surface area (Å²) in [6, 6.07) is 5.33. The van der Waals surface area contributed by atoms with Crippen LogP contribution in [0.5, 0.6) is 0 Å². The average Bonchev–Trinajstić information content (AvgIpc) is 2.88. The van der Waals surface area contributed by atoms with Gasteiger partial charge in [-0.05, 0) is 45.0 Å². The van der Waals surface area contributed by atoms with E-state index in [1.807, 2.05) is 0 Å². The number of nitrogens with zero attached hydrogens (tertiary/aromatic N) is 3. The van der Waals surface area contributed by atoms with Crippen molar-refractivity contribution in [1.29, 1.82) is 0 Å². The highest BCUT2D eigenvalue weighted by Crippen LogP contribution is 2.25. The van der Waals surface area contributed by atoms with E-state index in [4.69, 9.17) is 0 Å². The fourth-order valence-corrected chi connectivity index (χ4v) is 2.81. The number of urea groups is 1. The molecule has 0 aliphatic heterocycles. The minimum Gasteiger partial charge on any atom is -0.336 e. The Morgan fingerprint density at radius 3 is 2.40 bits per heavy atom. The normalized spacial score (nSPS) is 12.1. The molecule has 2 N–H and O–H groups in total. The van der Waals surface area contributed by atoms with Gasteiger partial charge in [0, 0.05) is 18.7 Å². The lowest BCUT2D eigenvalue weighted by Gasteiger charge is -2.13. The molecule has 0 aliphatic rings. The molecule has 0 unspecified atom stereocenters. The van der Waals surface area contributed by atoms with Crippen molar-refractivity contribution in [2.45, 2.75) is 37.2 Å². The lowest BCUT2D eigenvalue weighted by Crippen LogP contribution is -2.45. The Morgan fingerprint density at radius 1 is 1.16 bits per heavy atom. The summed E-state index contributed by atoms with van der Waals surface area (Å²) in [6.45, 7) is 5.28.